The summed E-state index contributed by atoms with van der Waals surface area (Å²) < 4.78 is 2.20. The lowest BCUT2D eigenvalue weighted by Crippen LogP contribution is -2.36. The van der Waals surface area contributed by atoms with Crippen LogP contribution >= 0.6 is 0 Å². The molecule has 2 aliphatic heterocycles. The Labute approximate surface area is 126 Å². The largest absolute Gasteiger partial charge is 0.481 e. The molecule has 1 aromatic rings. The fourth-order valence-electron chi connectivity index (χ4n) is 3.44. The van der Waals surface area contributed by atoms with Crippen LogP contribution < -0.4 is 0 Å². The second-order valence-corrected chi connectivity index (χ2v) is 6.06. The van der Waals surface area contributed by atoms with Crippen molar-refractivity contribution in [3.63, 3.8) is 0 Å². The van der Waals surface area contributed by atoms with Gasteiger partial charge in [0, 0.05) is 30.1 Å². The Hall–Kier alpha value is -1.91. The third-order valence-electron chi connectivity index (χ3n) is 4.53. The van der Waals surface area contributed by atoms with Crippen molar-refractivity contribution >= 4 is 19.1 Å². The third-order valence-corrected chi connectivity index (χ3v) is 4.53. The molecule has 4 nitrogen and oxygen atoms in total. The van der Waals surface area contributed by atoms with Crippen molar-refractivity contribution in [2.75, 3.05) is 6.54 Å². The Morgan fingerprint density at radius 2 is 2.05 bits per heavy atom. The van der Waals surface area contributed by atoms with Gasteiger partial charge in [-0.25, -0.2) is 0 Å². The minimum absolute atomic E-state index is 0.169. The van der Waals surface area contributed by atoms with Gasteiger partial charge in [0.1, 0.15) is 0 Å². The van der Waals surface area contributed by atoms with Crippen molar-refractivity contribution in [2.45, 2.75) is 40.5 Å². The predicted octanol–water partition coefficient (Wildman–Crippen LogP) is 2.73. The molecule has 0 aromatic carbocycles. The second-order valence-electron chi connectivity index (χ2n) is 6.06. The van der Waals surface area contributed by atoms with Crippen LogP contribution in [0, 0.1) is 13.8 Å². The summed E-state index contributed by atoms with van der Waals surface area (Å²) in [6.07, 6.45) is 0.743. The van der Waals surface area contributed by atoms with E-state index in [-0.39, 0.29) is 6.42 Å². The summed E-state index contributed by atoms with van der Waals surface area (Å²) in [5, 5.41) is 9.06. The number of fused-ring (bicyclic) bond motifs is 2. The summed E-state index contributed by atoms with van der Waals surface area (Å²) in [6, 6.07) is 2.17. The van der Waals surface area contributed by atoms with Crippen molar-refractivity contribution in [2.24, 2.45) is 0 Å². The number of rotatable bonds is 3. The number of carboxylic acids is 1. The summed E-state index contributed by atoms with van der Waals surface area (Å²) in [5.41, 5.74) is 8.60. The van der Waals surface area contributed by atoms with Crippen molar-refractivity contribution in [3.8, 4) is 0 Å². The fourth-order valence-corrected chi connectivity index (χ4v) is 3.44. The number of aromatic nitrogens is 1. The summed E-state index contributed by atoms with van der Waals surface area (Å²) in [4.78, 5) is 13.3. The molecule has 1 aromatic heterocycles. The van der Waals surface area contributed by atoms with Gasteiger partial charge in [-0.2, -0.15) is 0 Å². The van der Waals surface area contributed by atoms with E-state index in [9.17, 15) is 4.79 Å². The van der Waals surface area contributed by atoms with Crippen LogP contribution in [0.3, 0.4) is 0 Å². The van der Waals surface area contributed by atoms with E-state index in [1.165, 1.54) is 39.4 Å². The van der Waals surface area contributed by atoms with Gasteiger partial charge >= 0.3 is 13.5 Å². The third kappa shape index (κ3) is 2.11. The van der Waals surface area contributed by atoms with Crippen LogP contribution in [0.15, 0.2) is 22.9 Å². The van der Waals surface area contributed by atoms with Gasteiger partial charge in [0.2, 0.25) is 0 Å². The molecule has 0 atom stereocenters. The van der Waals surface area contributed by atoms with Crippen LogP contribution in [-0.4, -0.2) is 34.5 Å². The molecule has 0 saturated heterocycles. The summed E-state index contributed by atoms with van der Waals surface area (Å²) in [6.45, 7) is 9.38. The van der Waals surface area contributed by atoms with Crippen molar-refractivity contribution < 1.29 is 9.90 Å². The van der Waals surface area contributed by atoms with Gasteiger partial charge in [0.15, 0.2) is 0 Å². The lowest BCUT2D eigenvalue weighted by atomic mass is 9.90. The number of aryl methyl sites for hydroxylation is 2. The minimum Gasteiger partial charge on any atom is -0.481 e. The molecule has 1 N–H and O–H groups in total. The highest BCUT2D eigenvalue weighted by atomic mass is 16.4. The second kappa shape index (κ2) is 4.83. The standard InChI is InChI=1S/C16H20BN2O2/c1-9-7-11(3)19-15(9)13(5-6-14(20)21)16-12(4)10(2)8-18(16)17-19/h7H,5-6,8H2,1-4H3,(H,20,21). The molecule has 3 heterocycles. The van der Waals surface area contributed by atoms with Crippen LogP contribution in [-0.2, 0) is 4.79 Å². The SMILES string of the molecule is CC1=C(C)C2=C(CCC(=O)O)c3c(C)cc(C)n3[B]N2C1. The Kier molecular flexibility index (Phi) is 3.23. The van der Waals surface area contributed by atoms with E-state index in [0.717, 1.165) is 6.54 Å². The highest BCUT2D eigenvalue weighted by molar-refractivity contribution is 6.34. The number of hydrogen-bond donors (Lipinski definition) is 1. The summed E-state index contributed by atoms with van der Waals surface area (Å²) in [5.74, 6) is -0.743. The maximum Gasteiger partial charge on any atom is 0.396 e. The number of aliphatic carboxylic acids is 1. The molecule has 0 aliphatic carbocycles. The van der Waals surface area contributed by atoms with Gasteiger partial charge in [-0.3, -0.25) is 4.79 Å². The first-order valence-corrected chi connectivity index (χ1v) is 7.32. The van der Waals surface area contributed by atoms with E-state index < -0.39 is 5.97 Å². The molecule has 21 heavy (non-hydrogen) atoms. The van der Waals surface area contributed by atoms with E-state index in [1.54, 1.807) is 0 Å². The zero-order chi connectivity index (χ0) is 15.3. The average Bonchev–Trinajstić information content (AvgIpc) is 2.85. The van der Waals surface area contributed by atoms with Crippen molar-refractivity contribution in [3.05, 3.63) is 39.9 Å². The average molecular weight is 283 g/mol. The Morgan fingerprint density at radius 3 is 2.71 bits per heavy atom. The molecule has 109 valence electrons. The van der Waals surface area contributed by atoms with Crippen LogP contribution in [0.25, 0.3) is 5.57 Å². The minimum atomic E-state index is -0.743. The maximum absolute atomic E-state index is 11.0. The molecular formula is C16H20BN2O2. The summed E-state index contributed by atoms with van der Waals surface area (Å²) in [7, 11) is 2.15. The molecule has 3 rings (SSSR count). The monoisotopic (exact) mass is 283 g/mol. The summed E-state index contributed by atoms with van der Waals surface area (Å²) >= 11 is 0. The van der Waals surface area contributed by atoms with Crippen LogP contribution in [0.5, 0.6) is 0 Å². The lowest BCUT2D eigenvalue weighted by molar-refractivity contribution is -0.136. The van der Waals surface area contributed by atoms with Gasteiger partial charge in [-0.05, 0) is 56.9 Å². The first-order chi connectivity index (χ1) is 9.90. The predicted molar refractivity (Wildman–Crippen MR) is 83.9 cm³/mol. The number of carbonyl (C=O) groups is 1. The van der Waals surface area contributed by atoms with E-state index in [1.807, 2.05) is 0 Å². The van der Waals surface area contributed by atoms with Gasteiger partial charge in [-0.1, -0.05) is 5.57 Å². The topological polar surface area (TPSA) is 45.5 Å². The number of carboxylic acid groups (broad SMARTS) is 1. The molecular weight excluding hydrogens is 263 g/mol. The molecule has 0 bridgehead atoms. The van der Waals surface area contributed by atoms with Gasteiger partial charge in [0.25, 0.3) is 0 Å². The zero-order valence-electron chi connectivity index (χ0n) is 13.0. The molecule has 0 amide bonds. The molecule has 0 spiro atoms. The molecule has 0 unspecified atom stereocenters. The van der Waals surface area contributed by atoms with E-state index >= 15 is 0 Å². The highest BCUT2D eigenvalue weighted by Crippen LogP contribution is 2.40. The molecule has 0 fully saturated rings. The van der Waals surface area contributed by atoms with Crippen LogP contribution in [0.2, 0.25) is 0 Å². The Bertz CT molecular complexity index is 697. The number of hydrogen-bond acceptors (Lipinski definition) is 2. The first kappa shape index (κ1) is 14.0. The number of allylic oxidation sites excluding steroid dienone is 2. The van der Waals surface area contributed by atoms with Gasteiger partial charge in [-0.15, -0.1) is 0 Å². The Morgan fingerprint density at radius 1 is 1.33 bits per heavy atom. The smallest absolute Gasteiger partial charge is 0.396 e. The molecule has 2 aliphatic rings. The zero-order valence-corrected chi connectivity index (χ0v) is 13.0. The van der Waals surface area contributed by atoms with Gasteiger partial charge < -0.3 is 14.4 Å². The van der Waals surface area contributed by atoms with E-state index in [2.05, 4.69) is 50.6 Å². The van der Waals surface area contributed by atoms with E-state index in [0.29, 0.717) is 6.42 Å². The van der Waals surface area contributed by atoms with Crippen LogP contribution in [0.1, 0.15) is 43.6 Å². The van der Waals surface area contributed by atoms with Gasteiger partial charge in [0.05, 0.1) is 0 Å². The Balaban J connectivity index is 2.17. The lowest BCUT2D eigenvalue weighted by Gasteiger charge is -2.31. The van der Waals surface area contributed by atoms with Crippen molar-refractivity contribution in [1.29, 1.82) is 0 Å². The first-order valence-electron chi connectivity index (χ1n) is 7.32. The maximum atomic E-state index is 11.0. The molecule has 0 saturated carbocycles. The highest BCUT2D eigenvalue weighted by Gasteiger charge is 2.33. The number of nitrogens with zero attached hydrogens (tertiary/aromatic N) is 2. The molecule has 1 radical (unpaired) electrons. The van der Waals surface area contributed by atoms with Crippen LogP contribution in [0.4, 0.5) is 0 Å². The normalized spacial score (nSPS) is 17.0. The van der Waals surface area contributed by atoms with E-state index in [4.69, 9.17) is 5.11 Å². The molecule has 5 heteroatoms. The fraction of sp³-hybridized carbons (Fsp3) is 0.438. The quantitative estimate of drug-likeness (QED) is 0.867. The van der Waals surface area contributed by atoms with Crippen molar-refractivity contribution in [1.82, 2.24) is 9.29 Å².